The van der Waals surface area contributed by atoms with Crippen LogP contribution in [-0.4, -0.2) is 19.9 Å². The van der Waals surface area contributed by atoms with Crippen LogP contribution in [0, 0.1) is 0 Å². The summed E-state index contributed by atoms with van der Waals surface area (Å²) in [5.74, 6) is 2.45. The topological polar surface area (TPSA) is 64.7 Å². The van der Waals surface area contributed by atoms with E-state index in [2.05, 4.69) is 133 Å². The Morgan fingerprint density at radius 3 is 1.63 bits per heavy atom. The number of nitrogens with zero attached hydrogens (tertiary/aromatic N) is 4. The number of hydrogen-bond acceptors (Lipinski definition) is 6. The maximum Gasteiger partial charge on any atom is 0.227 e. The van der Waals surface area contributed by atoms with E-state index < -0.39 is 0 Å². The van der Waals surface area contributed by atoms with Crippen molar-refractivity contribution in [2.24, 2.45) is 0 Å². The van der Waals surface area contributed by atoms with Gasteiger partial charge in [-0.2, -0.15) is 0 Å². The Labute approximate surface area is 348 Å². The van der Waals surface area contributed by atoms with E-state index in [0.29, 0.717) is 23.4 Å². The predicted octanol–water partition coefficient (Wildman–Crippen LogP) is 14.7. The second kappa shape index (κ2) is 13.9. The van der Waals surface area contributed by atoms with Crippen molar-refractivity contribution in [3.63, 3.8) is 0 Å². The molecule has 0 spiro atoms. The van der Waals surface area contributed by atoms with Crippen LogP contribution in [-0.2, 0) is 0 Å². The zero-order chi connectivity index (χ0) is 39.6. The lowest BCUT2D eigenvalue weighted by atomic mass is 9.91. The van der Waals surface area contributed by atoms with E-state index in [-0.39, 0.29) is 0 Å². The molecule has 9 aromatic carbocycles. The largest absolute Gasteiger partial charge is 0.435 e. The van der Waals surface area contributed by atoms with Crippen LogP contribution in [0.1, 0.15) is 0 Å². The molecule has 0 radical (unpaired) electrons. The molecule has 280 valence electrons. The van der Waals surface area contributed by atoms with Crippen LogP contribution < -0.4 is 0 Å². The van der Waals surface area contributed by atoms with E-state index in [0.717, 1.165) is 70.7 Å². The fourth-order valence-electron chi connectivity index (χ4n) is 8.52. The van der Waals surface area contributed by atoms with Crippen LogP contribution >= 0.6 is 11.3 Å². The smallest absolute Gasteiger partial charge is 0.227 e. The third-order valence-electron chi connectivity index (χ3n) is 11.3. The first-order valence-electron chi connectivity index (χ1n) is 20.0. The van der Waals surface area contributed by atoms with Crippen LogP contribution in [0.4, 0.5) is 0 Å². The molecule has 0 fully saturated rings. The predicted molar refractivity (Wildman–Crippen MR) is 248 cm³/mol. The van der Waals surface area contributed by atoms with Gasteiger partial charge in [0.25, 0.3) is 0 Å². The van der Waals surface area contributed by atoms with Gasteiger partial charge in [0.2, 0.25) is 5.89 Å². The molecule has 0 N–H and O–H groups in total. The van der Waals surface area contributed by atoms with Crippen molar-refractivity contribution in [3.05, 3.63) is 194 Å². The highest BCUT2D eigenvalue weighted by molar-refractivity contribution is 7.26. The number of oxazole rings is 1. The first-order valence-corrected chi connectivity index (χ1v) is 20.8. The minimum atomic E-state index is 0.607. The lowest BCUT2D eigenvalue weighted by Gasteiger charge is -2.14. The van der Waals surface area contributed by atoms with Crippen molar-refractivity contribution in [1.82, 2.24) is 19.9 Å². The number of benzene rings is 9. The van der Waals surface area contributed by atoms with E-state index in [1.807, 2.05) is 60.7 Å². The third-order valence-corrected chi connectivity index (χ3v) is 12.5. The minimum Gasteiger partial charge on any atom is -0.435 e. The summed E-state index contributed by atoms with van der Waals surface area (Å²) < 4.78 is 8.92. The normalized spacial score (nSPS) is 11.7. The molecular weight excluding hydrogens is 753 g/mol. The monoisotopic (exact) mass is 784 g/mol. The molecule has 0 saturated carbocycles. The summed E-state index contributed by atoms with van der Waals surface area (Å²) in [5, 5.41) is 6.86. The Morgan fingerprint density at radius 1 is 0.350 bits per heavy atom. The molecule has 3 aromatic heterocycles. The maximum absolute atomic E-state index is 6.58. The van der Waals surface area contributed by atoms with Gasteiger partial charge < -0.3 is 4.42 Å². The van der Waals surface area contributed by atoms with E-state index in [9.17, 15) is 0 Å². The molecule has 0 aliphatic rings. The van der Waals surface area contributed by atoms with Crippen molar-refractivity contribution >= 4 is 64.2 Å². The molecule has 0 amide bonds. The van der Waals surface area contributed by atoms with Gasteiger partial charge >= 0.3 is 0 Å². The highest BCUT2D eigenvalue weighted by Crippen LogP contribution is 2.44. The highest BCUT2D eigenvalue weighted by Gasteiger charge is 2.19. The number of fused-ring (bicyclic) bond motifs is 8. The minimum absolute atomic E-state index is 0.607. The van der Waals surface area contributed by atoms with E-state index in [1.54, 1.807) is 11.3 Å². The fraction of sp³-hybridized carbons (Fsp3) is 0. The quantitative estimate of drug-likeness (QED) is 0.168. The number of rotatable bonds is 6. The number of aromatic nitrogens is 4. The molecule has 0 unspecified atom stereocenters. The van der Waals surface area contributed by atoms with Gasteiger partial charge in [0.05, 0.1) is 0 Å². The number of thiophene rings is 1. The second-order valence-corrected chi connectivity index (χ2v) is 16.1. The SMILES string of the molecule is c1ccc(-c2nc(-c3cccc(-c4cccc5cccc(-c6ccccc6)c45)c3)nc(-c3ccc4ccc5sc6ccc7nc(-c8ccccc8)oc7c6c5c4c3)n2)cc1. The Morgan fingerprint density at radius 2 is 0.900 bits per heavy atom. The lowest BCUT2D eigenvalue weighted by Crippen LogP contribution is -2.00. The fourth-order valence-corrected chi connectivity index (χ4v) is 9.64. The molecule has 0 saturated heterocycles. The van der Waals surface area contributed by atoms with Gasteiger partial charge in [-0.1, -0.05) is 152 Å². The first kappa shape index (κ1) is 34.3. The molecule has 0 bridgehead atoms. The summed E-state index contributed by atoms with van der Waals surface area (Å²) >= 11 is 1.77. The zero-order valence-corrected chi connectivity index (χ0v) is 32.9. The molecular formula is C54H32N4OS. The van der Waals surface area contributed by atoms with Gasteiger partial charge in [0.1, 0.15) is 5.52 Å². The summed E-state index contributed by atoms with van der Waals surface area (Å²) in [6.07, 6.45) is 0. The summed E-state index contributed by atoms with van der Waals surface area (Å²) in [6, 6.07) is 67.6. The van der Waals surface area contributed by atoms with E-state index in [4.69, 9.17) is 24.4 Å². The molecule has 0 aliphatic carbocycles. The first-order chi connectivity index (χ1) is 29.7. The van der Waals surface area contributed by atoms with Crippen LogP contribution in [0.3, 0.4) is 0 Å². The third kappa shape index (κ3) is 5.76. The molecule has 5 nitrogen and oxygen atoms in total. The zero-order valence-electron chi connectivity index (χ0n) is 32.1. The molecule has 60 heavy (non-hydrogen) atoms. The molecule has 0 aliphatic heterocycles. The van der Waals surface area contributed by atoms with E-state index in [1.165, 1.54) is 26.6 Å². The average molecular weight is 785 g/mol. The van der Waals surface area contributed by atoms with E-state index >= 15 is 0 Å². The van der Waals surface area contributed by atoms with Gasteiger partial charge in [-0.15, -0.1) is 11.3 Å². The van der Waals surface area contributed by atoms with Crippen molar-refractivity contribution in [1.29, 1.82) is 0 Å². The Bertz CT molecular complexity index is 3590. The van der Waals surface area contributed by atoms with Crippen LogP contribution in [0.15, 0.2) is 199 Å². The van der Waals surface area contributed by atoms with Crippen molar-refractivity contribution in [3.8, 4) is 67.9 Å². The molecule has 12 aromatic rings. The lowest BCUT2D eigenvalue weighted by molar-refractivity contribution is 0.623. The second-order valence-electron chi connectivity index (χ2n) is 15.0. The Kier molecular flexibility index (Phi) is 7.96. The molecule has 3 heterocycles. The molecule has 0 atom stereocenters. The summed E-state index contributed by atoms with van der Waals surface area (Å²) in [5.41, 5.74) is 9.97. The van der Waals surface area contributed by atoms with Crippen molar-refractivity contribution < 1.29 is 4.42 Å². The standard InChI is InChI=1S/C54H32N4OS/c1-4-13-33(14-5-1)41-23-11-19-35-20-12-24-42(47(35)41)38-21-10-22-39(31-38)52-56-51(36-15-6-2-7-16-36)57-53(58-52)40-26-25-34-27-29-45-48(43(34)32-40)49-46(60-45)30-28-44-50(49)59-54(55-44)37-17-8-3-9-18-37/h1-32H. The van der Waals surface area contributed by atoms with Crippen LogP contribution in [0.2, 0.25) is 0 Å². The van der Waals surface area contributed by atoms with Crippen LogP contribution in [0.25, 0.3) is 121 Å². The summed E-state index contributed by atoms with van der Waals surface area (Å²) in [4.78, 5) is 20.4. The maximum atomic E-state index is 6.58. The van der Waals surface area contributed by atoms with Crippen LogP contribution in [0.5, 0.6) is 0 Å². The highest BCUT2D eigenvalue weighted by atomic mass is 32.1. The van der Waals surface area contributed by atoms with Crippen molar-refractivity contribution in [2.45, 2.75) is 0 Å². The summed E-state index contributed by atoms with van der Waals surface area (Å²) in [6.45, 7) is 0. The van der Waals surface area contributed by atoms with Gasteiger partial charge in [0.15, 0.2) is 23.1 Å². The van der Waals surface area contributed by atoms with Gasteiger partial charge in [0, 0.05) is 42.4 Å². The molecule has 12 rings (SSSR count). The Hall–Kier alpha value is -7.80. The average Bonchev–Trinajstić information content (AvgIpc) is 3.94. The van der Waals surface area contributed by atoms with Gasteiger partial charge in [-0.25, -0.2) is 19.9 Å². The van der Waals surface area contributed by atoms with Crippen molar-refractivity contribution in [2.75, 3.05) is 0 Å². The molecule has 6 heteroatoms. The number of hydrogen-bond donors (Lipinski definition) is 0. The Balaban J connectivity index is 1.04. The summed E-state index contributed by atoms with van der Waals surface area (Å²) in [7, 11) is 0. The van der Waals surface area contributed by atoms with Gasteiger partial charge in [-0.3, -0.25) is 0 Å². The van der Waals surface area contributed by atoms with Gasteiger partial charge in [-0.05, 0) is 86.3 Å².